The molecule has 2 atom stereocenters. The van der Waals surface area contributed by atoms with Gasteiger partial charge in [-0.2, -0.15) is 0 Å². The van der Waals surface area contributed by atoms with Gasteiger partial charge >= 0.3 is 0 Å². The first kappa shape index (κ1) is 17.9. The van der Waals surface area contributed by atoms with Gasteiger partial charge in [-0.3, -0.25) is 0 Å². The van der Waals surface area contributed by atoms with Crippen LogP contribution in [0.15, 0.2) is 18.2 Å². The summed E-state index contributed by atoms with van der Waals surface area (Å²) in [5, 5.41) is 4.35. The van der Waals surface area contributed by atoms with E-state index in [1.165, 1.54) is 25.7 Å². The predicted octanol–water partition coefficient (Wildman–Crippen LogP) is 3.59. The Balaban J connectivity index is 1.97. The zero-order valence-electron chi connectivity index (χ0n) is 14.6. The Bertz CT molecular complexity index is 536. The maximum absolute atomic E-state index is 5.59. The highest BCUT2D eigenvalue weighted by Crippen LogP contribution is 2.26. The number of ether oxygens (including phenoxy) is 2. The lowest BCUT2D eigenvalue weighted by Crippen LogP contribution is -2.46. The van der Waals surface area contributed by atoms with Crippen molar-refractivity contribution in [2.75, 3.05) is 21.3 Å². The van der Waals surface area contributed by atoms with Crippen LogP contribution in [0.4, 0.5) is 0 Å². The fraction of sp³-hybridized carbons (Fsp3) is 0.611. The van der Waals surface area contributed by atoms with Gasteiger partial charge in [-0.15, -0.1) is 0 Å². The number of benzene rings is 1. The Kier molecular flexibility index (Phi) is 6.51. The standard InChI is InChI=1S/C18H28N2O2S/c1-13-7-5-6-8-16(13)19-18(23)20(2)12-14-9-10-15(21-3)11-17(14)22-4/h9-11,13,16H,5-8,12H2,1-4H3,(H,19,23). The van der Waals surface area contributed by atoms with E-state index in [9.17, 15) is 0 Å². The minimum atomic E-state index is 0.497. The highest BCUT2D eigenvalue weighted by molar-refractivity contribution is 7.80. The molecule has 5 heteroatoms. The molecule has 1 aliphatic carbocycles. The lowest BCUT2D eigenvalue weighted by molar-refractivity contribution is 0.300. The molecule has 1 aromatic carbocycles. The Morgan fingerprint density at radius 3 is 2.65 bits per heavy atom. The van der Waals surface area contributed by atoms with Gasteiger partial charge in [-0.25, -0.2) is 0 Å². The van der Waals surface area contributed by atoms with Crippen molar-refractivity contribution in [1.29, 1.82) is 0 Å². The number of nitrogens with one attached hydrogen (secondary N) is 1. The van der Waals surface area contributed by atoms with Gasteiger partial charge in [0.15, 0.2) is 5.11 Å². The van der Waals surface area contributed by atoms with Gasteiger partial charge in [0.2, 0.25) is 0 Å². The second-order valence-corrected chi connectivity index (χ2v) is 6.74. The molecule has 0 saturated heterocycles. The Morgan fingerprint density at radius 1 is 1.26 bits per heavy atom. The molecule has 0 heterocycles. The van der Waals surface area contributed by atoms with E-state index in [1.807, 2.05) is 25.2 Å². The molecule has 2 unspecified atom stereocenters. The number of hydrogen-bond acceptors (Lipinski definition) is 3. The van der Waals surface area contributed by atoms with Crippen molar-refractivity contribution in [2.24, 2.45) is 5.92 Å². The second-order valence-electron chi connectivity index (χ2n) is 6.35. The van der Waals surface area contributed by atoms with Crippen LogP contribution in [0.1, 0.15) is 38.2 Å². The van der Waals surface area contributed by atoms with Crippen LogP contribution in [0, 0.1) is 5.92 Å². The van der Waals surface area contributed by atoms with Gasteiger partial charge in [-0.1, -0.05) is 19.8 Å². The molecule has 4 nitrogen and oxygen atoms in total. The fourth-order valence-electron chi connectivity index (χ4n) is 3.11. The lowest BCUT2D eigenvalue weighted by atomic mass is 9.86. The number of rotatable bonds is 5. The summed E-state index contributed by atoms with van der Waals surface area (Å²) in [5.74, 6) is 2.31. The zero-order chi connectivity index (χ0) is 16.8. The first-order valence-electron chi connectivity index (χ1n) is 8.27. The van der Waals surface area contributed by atoms with Gasteiger partial charge in [0.25, 0.3) is 0 Å². The molecule has 0 aromatic heterocycles. The number of hydrogen-bond donors (Lipinski definition) is 1. The van der Waals surface area contributed by atoms with Crippen LogP contribution in [-0.2, 0) is 6.54 Å². The lowest BCUT2D eigenvalue weighted by Gasteiger charge is -2.33. The summed E-state index contributed by atoms with van der Waals surface area (Å²) in [4.78, 5) is 2.07. The minimum Gasteiger partial charge on any atom is -0.497 e. The predicted molar refractivity (Wildman–Crippen MR) is 98.2 cm³/mol. The zero-order valence-corrected chi connectivity index (χ0v) is 15.4. The van der Waals surface area contributed by atoms with Crippen LogP contribution in [-0.4, -0.2) is 37.3 Å². The van der Waals surface area contributed by atoms with Crippen LogP contribution in [0.5, 0.6) is 11.5 Å². The molecular formula is C18H28N2O2S. The minimum absolute atomic E-state index is 0.497. The first-order chi connectivity index (χ1) is 11.0. The van der Waals surface area contributed by atoms with Gasteiger partial charge < -0.3 is 19.7 Å². The number of thiocarbonyl (C=S) groups is 1. The van der Waals surface area contributed by atoms with E-state index in [0.717, 1.165) is 22.2 Å². The summed E-state index contributed by atoms with van der Waals surface area (Å²) in [6.45, 7) is 3.02. The van der Waals surface area contributed by atoms with Crippen molar-refractivity contribution in [3.05, 3.63) is 23.8 Å². The quantitative estimate of drug-likeness (QED) is 0.831. The molecule has 23 heavy (non-hydrogen) atoms. The highest BCUT2D eigenvalue weighted by atomic mass is 32.1. The summed E-state index contributed by atoms with van der Waals surface area (Å²) >= 11 is 5.59. The summed E-state index contributed by atoms with van der Waals surface area (Å²) < 4.78 is 10.7. The van der Waals surface area contributed by atoms with Crippen LogP contribution < -0.4 is 14.8 Å². The van der Waals surface area contributed by atoms with Crippen molar-refractivity contribution in [2.45, 2.75) is 45.2 Å². The van der Waals surface area contributed by atoms with Gasteiger partial charge in [-0.05, 0) is 43.1 Å². The van der Waals surface area contributed by atoms with E-state index in [2.05, 4.69) is 17.1 Å². The molecule has 1 aliphatic rings. The van der Waals surface area contributed by atoms with Crippen molar-refractivity contribution >= 4 is 17.3 Å². The molecule has 1 N–H and O–H groups in total. The SMILES string of the molecule is COc1ccc(CN(C)C(=S)NC2CCCCC2C)c(OC)c1. The van der Waals surface area contributed by atoms with Crippen molar-refractivity contribution in [3.8, 4) is 11.5 Å². The molecule has 0 amide bonds. The Hall–Kier alpha value is -1.49. The van der Waals surface area contributed by atoms with Crippen LogP contribution in [0.25, 0.3) is 0 Å². The Labute approximate surface area is 145 Å². The summed E-state index contributed by atoms with van der Waals surface area (Å²) in [7, 11) is 5.36. The molecule has 1 saturated carbocycles. The monoisotopic (exact) mass is 336 g/mol. The smallest absolute Gasteiger partial charge is 0.169 e. The average molecular weight is 337 g/mol. The van der Waals surface area contributed by atoms with Crippen LogP contribution >= 0.6 is 12.2 Å². The summed E-state index contributed by atoms with van der Waals surface area (Å²) in [5.41, 5.74) is 1.09. The van der Waals surface area contributed by atoms with E-state index in [-0.39, 0.29) is 0 Å². The van der Waals surface area contributed by atoms with Gasteiger partial charge in [0, 0.05) is 31.3 Å². The topological polar surface area (TPSA) is 33.7 Å². The average Bonchev–Trinajstić information content (AvgIpc) is 2.57. The molecule has 0 bridgehead atoms. The van der Waals surface area contributed by atoms with E-state index < -0.39 is 0 Å². The number of nitrogens with zero attached hydrogens (tertiary/aromatic N) is 1. The van der Waals surface area contributed by atoms with Crippen molar-refractivity contribution < 1.29 is 9.47 Å². The molecule has 0 radical (unpaired) electrons. The van der Waals surface area contributed by atoms with E-state index in [4.69, 9.17) is 21.7 Å². The van der Waals surface area contributed by atoms with E-state index in [1.54, 1.807) is 14.2 Å². The normalized spacial score (nSPS) is 20.7. The third-order valence-corrected chi connectivity index (χ3v) is 5.10. The van der Waals surface area contributed by atoms with Crippen molar-refractivity contribution in [1.82, 2.24) is 10.2 Å². The van der Waals surface area contributed by atoms with Crippen molar-refractivity contribution in [3.63, 3.8) is 0 Å². The molecule has 1 fully saturated rings. The second kappa shape index (κ2) is 8.39. The first-order valence-corrected chi connectivity index (χ1v) is 8.68. The number of methoxy groups -OCH3 is 2. The summed E-state index contributed by atoms with van der Waals surface area (Å²) in [6.07, 6.45) is 5.13. The van der Waals surface area contributed by atoms with Gasteiger partial charge in [0.05, 0.1) is 14.2 Å². The van der Waals surface area contributed by atoms with E-state index in [0.29, 0.717) is 18.5 Å². The maximum atomic E-state index is 5.59. The fourth-order valence-corrected chi connectivity index (χ4v) is 3.33. The maximum Gasteiger partial charge on any atom is 0.169 e. The van der Waals surface area contributed by atoms with Crippen LogP contribution in [0.2, 0.25) is 0 Å². The summed E-state index contributed by atoms with van der Waals surface area (Å²) in [6, 6.07) is 6.38. The molecule has 2 rings (SSSR count). The largest absolute Gasteiger partial charge is 0.497 e. The highest BCUT2D eigenvalue weighted by Gasteiger charge is 2.22. The van der Waals surface area contributed by atoms with Gasteiger partial charge in [0.1, 0.15) is 11.5 Å². The third kappa shape index (κ3) is 4.74. The van der Waals surface area contributed by atoms with E-state index >= 15 is 0 Å². The third-order valence-electron chi connectivity index (χ3n) is 4.67. The molecule has 128 valence electrons. The molecule has 0 aliphatic heterocycles. The molecule has 0 spiro atoms. The van der Waals surface area contributed by atoms with Crippen LogP contribution in [0.3, 0.4) is 0 Å². The molecular weight excluding hydrogens is 308 g/mol. The Morgan fingerprint density at radius 2 is 2.00 bits per heavy atom. The molecule has 1 aromatic rings.